The van der Waals surface area contributed by atoms with Gasteiger partial charge >= 0.3 is 17.9 Å². The number of esters is 3. The summed E-state index contributed by atoms with van der Waals surface area (Å²) in [6, 6.07) is 7.36. The Hall–Kier alpha value is -2.61. The van der Waals surface area contributed by atoms with Gasteiger partial charge in [-0.1, -0.05) is 17.7 Å². The summed E-state index contributed by atoms with van der Waals surface area (Å²) in [5.41, 5.74) is 1.08. The molecule has 0 saturated carbocycles. The molecule has 1 fully saturated rings. The Bertz CT molecular complexity index is 669. The lowest BCUT2D eigenvalue weighted by Gasteiger charge is -2.39. The fourth-order valence-electron chi connectivity index (χ4n) is 2.74. The van der Waals surface area contributed by atoms with Gasteiger partial charge in [-0.2, -0.15) is 0 Å². The van der Waals surface area contributed by atoms with Gasteiger partial charge in [0.2, 0.25) is 6.29 Å². The predicted molar refractivity (Wildman–Crippen MR) is 92.8 cm³/mol. The lowest BCUT2D eigenvalue weighted by Crippen LogP contribution is -2.54. The lowest BCUT2D eigenvalue weighted by atomic mass is 10.0. The molecule has 8 nitrogen and oxygen atoms in total. The summed E-state index contributed by atoms with van der Waals surface area (Å²) in [5.74, 6) is -1.03. The van der Waals surface area contributed by atoms with E-state index >= 15 is 0 Å². The summed E-state index contributed by atoms with van der Waals surface area (Å²) in [6.07, 6.45) is -3.17. The highest BCUT2D eigenvalue weighted by Gasteiger charge is 2.44. The minimum absolute atomic E-state index is 0.155. The molecule has 2 rings (SSSR count). The molecule has 0 aliphatic carbocycles. The molecule has 1 aromatic carbocycles. The number of hydrogen-bond acceptors (Lipinski definition) is 8. The molecule has 1 aliphatic heterocycles. The molecular weight excluding hydrogens is 356 g/mol. The fourth-order valence-corrected chi connectivity index (χ4v) is 2.74. The molecular formula is C19H24O8. The highest BCUT2D eigenvalue weighted by molar-refractivity contribution is 5.67. The molecule has 148 valence electrons. The molecule has 27 heavy (non-hydrogen) atoms. The molecule has 1 aliphatic rings. The number of carbonyl (C=O) groups is 3. The largest absolute Gasteiger partial charge is 0.465 e. The molecule has 8 heteroatoms. The van der Waals surface area contributed by atoms with Crippen molar-refractivity contribution in [2.24, 2.45) is 0 Å². The number of ether oxygens (including phenoxy) is 5. The van der Waals surface area contributed by atoms with Crippen molar-refractivity contribution in [3.8, 4) is 5.75 Å². The quantitative estimate of drug-likeness (QED) is 0.545. The first kappa shape index (κ1) is 20.7. The Morgan fingerprint density at radius 3 is 2.19 bits per heavy atom. The second kappa shape index (κ2) is 9.36. The Morgan fingerprint density at radius 2 is 1.63 bits per heavy atom. The molecule has 1 saturated heterocycles. The van der Waals surface area contributed by atoms with E-state index in [1.807, 2.05) is 19.1 Å². The van der Waals surface area contributed by atoms with E-state index in [9.17, 15) is 14.4 Å². The zero-order valence-corrected chi connectivity index (χ0v) is 15.8. The van der Waals surface area contributed by atoms with Crippen LogP contribution in [0.2, 0.25) is 0 Å². The van der Waals surface area contributed by atoms with Gasteiger partial charge in [-0.3, -0.25) is 14.4 Å². The van der Waals surface area contributed by atoms with E-state index in [-0.39, 0.29) is 13.0 Å². The first-order chi connectivity index (χ1) is 12.7. The maximum absolute atomic E-state index is 11.5. The molecule has 0 amide bonds. The average Bonchev–Trinajstić information content (AvgIpc) is 2.56. The third-order valence-electron chi connectivity index (χ3n) is 3.84. The van der Waals surface area contributed by atoms with Crippen LogP contribution in [-0.2, 0) is 33.3 Å². The van der Waals surface area contributed by atoms with Gasteiger partial charge in [0.15, 0.2) is 6.10 Å². The van der Waals surface area contributed by atoms with Crippen molar-refractivity contribution in [3.63, 3.8) is 0 Å². The van der Waals surface area contributed by atoms with Crippen molar-refractivity contribution in [1.29, 1.82) is 0 Å². The molecule has 0 spiro atoms. The summed E-state index contributed by atoms with van der Waals surface area (Å²) in [4.78, 5) is 34.1. The van der Waals surface area contributed by atoms with Crippen LogP contribution >= 0.6 is 0 Å². The number of rotatable bonds is 6. The van der Waals surface area contributed by atoms with Crippen LogP contribution in [0.4, 0.5) is 0 Å². The first-order valence-corrected chi connectivity index (χ1v) is 8.61. The highest BCUT2D eigenvalue weighted by atomic mass is 16.7. The SMILES string of the molecule is CC(=O)OC[C@H]1O[C@H](Oc2ccc(C)cc2)C[C@@H](OC(C)=O)[C@H]1OC(C)=O. The van der Waals surface area contributed by atoms with Crippen molar-refractivity contribution < 1.29 is 38.1 Å². The molecule has 0 aromatic heterocycles. The maximum Gasteiger partial charge on any atom is 0.303 e. The second-order valence-corrected chi connectivity index (χ2v) is 6.30. The minimum atomic E-state index is -0.913. The van der Waals surface area contributed by atoms with E-state index in [1.165, 1.54) is 20.8 Å². The monoisotopic (exact) mass is 380 g/mol. The van der Waals surface area contributed by atoms with Crippen LogP contribution in [0.5, 0.6) is 5.75 Å². The zero-order valence-electron chi connectivity index (χ0n) is 15.8. The van der Waals surface area contributed by atoms with E-state index in [1.54, 1.807) is 12.1 Å². The zero-order chi connectivity index (χ0) is 20.0. The van der Waals surface area contributed by atoms with Gasteiger partial charge in [-0.15, -0.1) is 0 Å². The summed E-state index contributed by atoms with van der Waals surface area (Å²) in [7, 11) is 0. The summed E-state index contributed by atoms with van der Waals surface area (Å²) < 4.78 is 27.2. The standard InChI is InChI=1S/C19H24O8/c1-11-5-7-15(8-6-11)26-18-9-16(24-13(3)21)19(25-14(4)22)17(27-18)10-23-12(2)20/h5-8,16-19H,9-10H2,1-4H3/t16-,17-,18+,19-/m1/s1. The van der Waals surface area contributed by atoms with Crippen LogP contribution in [-0.4, -0.2) is 49.1 Å². The van der Waals surface area contributed by atoms with Crippen LogP contribution < -0.4 is 4.74 Å². The Kier molecular flexibility index (Phi) is 7.18. The van der Waals surface area contributed by atoms with Crippen LogP contribution in [0, 0.1) is 6.92 Å². The van der Waals surface area contributed by atoms with Gasteiger partial charge in [-0.25, -0.2) is 0 Å². The van der Waals surface area contributed by atoms with Crippen molar-refractivity contribution in [3.05, 3.63) is 29.8 Å². The van der Waals surface area contributed by atoms with Gasteiger partial charge in [0, 0.05) is 20.8 Å². The molecule has 0 N–H and O–H groups in total. The normalized spacial score (nSPS) is 24.6. The lowest BCUT2D eigenvalue weighted by molar-refractivity contribution is -0.245. The number of benzene rings is 1. The predicted octanol–water partition coefficient (Wildman–Crippen LogP) is 1.92. The van der Waals surface area contributed by atoms with Crippen molar-refractivity contribution in [2.45, 2.75) is 58.7 Å². The van der Waals surface area contributed by atoms with E-state index in [0.717, 1.165) is 5.56 Å². The fraction of sp³-hybridized carbons (Fsp3) is 0.526. The van der Waals surface area contributed by atoms with E-state index in [4.69, 9.17) is 23.7 Å². The number of aryl methyl sites for hydroxylation is 1. The summed E-state index contributed by atoms with van der Waals surface area (Å²) in [6.45, 7) is 5.54. The number of carbonyl (C=O) groups excluding carboxylic acids is 3. The van der Waals surface area contributed by atoms with E-state index in [2.05, 4.69) is 0 Å². The van der Waals surface area contributed by atoms with Gasteiger partial charge in [0.05, 0.1) is 6.42 Å². The Balaban J connectivity index is 2.19. The van der Waals surface area contributed by atoms with E-state index < -0.39 is 42.5 Å². The molecule has 4 atom stereocenters. The van der Waals surface area contributed by atoms with Crippen LogP contribution in [0.25, 0.3) is 0 Å². The maximum atomic E-state index is 11.5. The third kappa shape index (κ3) is 6.56. The van der Waals surface area contributed by atoms with E-state index in [0.29, 0.717) is 5.75 Å². The molecule has 1 aromatic rings. The van der Waals surface area contributed by atoms with Crippen molar-refractivity contribution >= 4 is 17.9 Å². The Morgan fingerprint density at radius 1 is 1.00 bits per heavy atom. The van der Waals surface area contributed by atoms with Crippen LogP contribution in [0.15, 0.2) is 24.3 Å². The van der Waals surface area contributed by atoms with Gasteiger partial charge in [-0.05, 0) is 19.1 Å². The molecule has 0 unspecified atom stereocenters. The van der Waals surface area contributed by atoms with Crippen LogP contribution in [0.3, 0.4) is 0 Å². The highest BCUT2D eigenvalue weighted by Crippen LogP contribution is 2.28. The minimum Gasteiger partial charge on any atom is -0.465 e. The summed E-state index contributed by atoms with van der Waals surface area (Å²) in [5, 5.41) is 0. The molecule has 0 bridgehead atoms. The molecule has 1 heterocycles. The van der Waals surface area contributed by atoms with Crippen molar-refractivity contribution in [1.82, 2.24) is 0 Å². The summed E-state index contributed by atoms with van der Waals surface area (Å²) >= 11 is 0. The van der Waals surface area contributed by atoms with Gasteiger partial charge < -0.3 is 23.7 Å². The average molecular weight is 380 g/mol. The van der Waals surface area contributed by atoms with Crippen LogP contribution in [0.1, 0.15) is 32.8 Å². The second-order valence-electron chi connectivity index (χ2n) is 6.30. The first-order valence-electron chi connectivity index (χ1n) is 8.61. The smallest absolute Gasteiger partial charge is 0.303 e. The van der Waals surface area contributed by atoms with Gasteiger partial charge in [0.1, 0.15) is 24.6 Å². The van der Waals surface area contributed by atoms with Gasteiger partial charge in [0.25, 0.3) is 0 Å². The van der Waals surface area contributed by atoms with Crippen molar-refractivity contribution in [2.75, 3.05) is 6.61 Å². The third-order valence-corrected chi connectivity index (χ3v) is 3.84. The molecule has 0 radical (unpaired) electrons. The Labute approximate surface area is 157 Å². The number of hydrogen-bond donors (Lipinski definition) is 0. The topological polar surface area (TPSA) is 97.4 Å².